The molecule has 1 N–H and O–H groups in total. The van der Waals surface area contributed by atoms with Crippen molar-refractivity contribution < 1.29 is 17.6 Å². The van der Waals surface area contributed by atoms with Gasteiger partial charge in [-0.2, -0.15) is 0 Å². The number of pyridine rings is 1. The maximum absolute atomic E-state index is 13.2. The molecule has 0 unspecified atom stereocenters. The van der Waals surface area contributed by atoms with Crippen LogP contribution in [0.4, 0.5) is 10.1 Å². The number of aromatic amines is 1. The standard InChI is InChI=1S/C25H22FN3O4S/c1-28(16-17-6-4-3-5-7-17)25(31)22-15-27-23-13-12-20(14-21(23)24(22)30)34(32,33)29(2)19-10-8-18(26)9-11-19/h3-15H,16H2,1-2H3,(H,27,30). The molecule has 4 rings (SSSR count). The smallest absolute Gasteiger partial charge is 0.264 e. The van der Waals surface area contributed by atoms with Crippen LogP contribution in [-0.2, 0) is 16.6 Å². The molecule has 1 aromatic heterocycles. The Hall–Kier alpha value is -3.98. The Morgan fingerprint density at radius 2 is 1.65 bits per heavy atom. The summed E-state index contributed by atoms with van der Waals surface area (Å²) in [6, 6.07) is 18.5. The van der Waals surface area contributed by atoms with Gasteiger partial charge in [-0.3, -0.25) is 13.9 Å². The molecule has 7 nitrogen and oxygen atoms in total. The summed E-state index contributed by atoms with van der Waals surface area (Å²) in [4.78, 5) is 30.3. The van der Waals surface area contributed by atoms with E-state index in [0.29, 0.717) is 12.1 Å². The first-order chi connectivity index (χ1) is 16.2. The Morgan fingerprint density at radius 3 is 2.32 bits per heavy atom. The third-order valence-corrected chi connectivity index (χ3v) is 7.32. The molecule has 1 heterocycles. The minimum absolute atomic E-state index is 0.0764. The van der Waals surface area contributed by atoms with Gasteiger partial charge in [-0.25, -0.2) is 12.8 Å². The molecule has 0 saturated carbocycles. The maximum atomic E-state index is 13.2. The third kappa shape index (κ3) is 4.42. The van der Waals surface area contributed by atoms with E-state index in [1.54, 1.807) is 7.05 Å². The molecule has 0 saturated heterocycles. The van der Waals surface area contributed by atoms with Crippen molar-refractivity contribution in [3.63, 3.8) is 0 Å². The first kappa shape index (κ1) is 23.2. The third-order valence-electron chi connectivity index (χ3n) is 5.54. The molecule has 0 bridgehead atoms. The van der Waals surface area contributed by atoms with Gasteiger partial charge in [0.1, 0.15) is 11.4 Å². The molecular formula is C25H22FN3O4S. The molecule has 0 aliphatic heterocycles. The number of hydrogen-bond acceptors (Lipinski definition) is 4. The zero-order valence-corrected chi connectivity index (χ0v) is 19.3. The lowest BCUT2D eigenvalue weighted by Gasteiger charge is -2.20. The van der Waals surface area contributed by atoms with E-state index < -0.39 is 27.2 Å². The van der Waals surface area contributed by atoms with Crippen LogP contribution in [0.2, 0.25) is 0 Å². The highest BCUT2D eigenvalue weighted by Crippen LogP contribution is 2.24. The highest BCUT2D eigenvalue weighted by Gasteiger charge is 2.23. The number of aromatic nitrogens is 1. The molecule has 0 fully saturated rings. The molecule has 1 amide bonds. The summed E-state index contributed by atoms with van der Waals surface area (Å²) in [6.45, 7) is 0.314. The number of hydrogen-bond donors (Lipinski definition) is 1. The maximum Gasteiger partial charge on any atom is 0.264 e. The van der Waals surface area contributed by atoms with Gasteiger partial charge in [0.15, 0.2) is 0 Å². The number of nitrogens with one attached hydrogen (secondary N) is 1. The lowest BCUT2D eigenvalue weighted by Crippen LogP contribution is -2.31. The van der Waals surface area contributed by atoms with Crippen LogP contribution in [0.3, 0.4) is 0 Å². The van der Waals surface area contributed by atoms with E-state index in [1.807, 2.05) is 30.3 Å². The number of nitrogens with zero attached hydrogens (tertiary/aromatic N) is 2. The Morgan fingerprint density at radius 1 is 0.971 bits per heavy atom. The van der Waals surface area contributed by atoms with Crippen LogP contribution in [0.25, 0.3) is 10.9 Å². The van der Waals surface area contributed by atoms with Gasteiger partial charge < -0.3 is 9.88 Å². The number of H-pyrrole nitrogens is 1. The molecule has 3 aromatic carbocycles. The van der Waals surface area contributed by atoms with Crippen molar-refractivity contribution >= 4 is 32.5 Å². The van der Waals surface area contributed by atoms with Crippen LogP contribution < -0.4 is 9.73 Å². The second kappa shape index (κ2) is 9.11. The number of carbonyl (C=O) groups is 1. The molecule has 0 aliphatic carbocycles. The van der Waals surface area contributed by atoms with Crippen molar-refractivity contribution in [1.82, 2.24) is 9.88 Å². The van der Waals surface area contributed by atoms with Gasteiger partial charge in [-0.15, -0.1) is 0 Å². The summed E-state index contributed by atoms with van der Waals surface area (Å²) in [5.41, 5.74) is 0.915. The molecule has 0 atom stereocenters. The molecule has 4 aromatic rings. The summed E-state index contributed by atoms with van der Waals surface area (Å²) < 4.78 is 40.5. The van der Waals surface area contributed by atoms with Gasteiger partial charge in [0, 0.05) is 37.7 Å². The number of anilines is 1. The van der Waals surface area contributed by atoms with E-state index in [2.05, 4.69) is 4.98 Å². The van der Waals surface area contributed by atoms with Gasteiger partial charge in [0.2, 0.25) is 5.43 Å². The van der Waals surface area contributed by atoms with E-state index in [0.717, 1.165) is 22.0 Å². The molecule has 0 radical (unpaired) electrons. The van der Waals surface area contributed by atoms with E-state index in [1.165, 1.54) is 48.5 Å². The predicted octanol–water partition coefficient (Wildman–Crippen LogP) is 3.76. The number of carbonyl (C=O) groups excluding carboxylic acids is 1. The fourth-order valence-corrected chi connectivity index (χ4v) is 4.82. The highest BCUT2D eigenvalue weighted by atomic mass is 32.2. The largest absolute Gasteiger partial charge is 0.360 e. The van der Waals surface area contributed by atoms with Crippen LogP contribution in [0, 0.1) is 5.82 Å². The second-order valence-electron chi connectivity index (χ2n) is 7.83. The van der Waals surface area contributed by atoms with Crippen molar-refractivity contribution in [2.45, 2.75) is 11.4 Å². The van der Waals surface area contributed by atoms with Crippen molar-refractivity contribution in [3.8, 4) is 0 Å². The van der Waals surface area contributed by atoms with Crippen LogP contribution in [-0.4, -0.2) is 38.3 Å². The molecule has 174 valence electrons. The van der Waals surface area contributed by atoms with Gasteiger partial charge in [0.05, 0.1) is 10.6 Å². The number of amides is 1. The van der Waals surface area contributed by atoms with E-state index in [-0.39, 0.29) is 21.5 Å². The van der Waals surface area contributed by atoms with Crippen LogP contribution in [0.1, 0.15) is 15.9 Å². The Bertz CT molecular complexity index is 1520. The zero-order valence-electron chi connectivity index (χ0n) is 18.5. The molecule has 34 heavy (non-hydrogen) atoms. The first-order valence-corrected chi connectivity index (χ1v) is 11.8. The number of fused-ring (bicyclic) bond motifs is 1. The molecule has 9 heteroatoms. The minimum Gasteiger partial charge on any atom is -0.360 e. The van der Waals surface area contributed by atoms with Gasteiger partial charge >= 0.3 is 0 Å². The molecule has 0 aliphatic rings. The Kier molecular flexibility index (Phi) is 6.21. The second-order valence-corrected chi connectivity index (χ2v) is 9.80. The van der Waals surface area contributed by atoms with Gasteiger partial charge in [-0.1, -0.05) is 30.3 Å². The van der Waals surface area contributed by atoms with Gasteiger partial charge in [0.25, 0.3) is 15.9 Å². The van der Waals surface area contributed by atoms with Crippen molar-refractivity contribution in [2.75, 3.05) is 18.4 Å². The predicted molar refractivity (Wildman–Crippen MR) is 129 cm³/mol. The summed E-state index contributed by atoms with van der Waals surface area (Å²) in [5.74, 6) is -0.968. The number of benzene rings is 3. The van der Waals surface area contributed by atoms with Crippen molar-refractivity contribution in [3.05, 3.63) is 106 Å². The lowest BCUT2D eigenvalue weighted by atomic mass is 10.1. The van der Waals surface area contributed by atoms with E-state index >= 15 is 0 Å². The average Bonchev–Trinajstić information content (AvgIpc) is 2.84. The summed E-state index contributed by atoms with van der Waals surface area (Å²) in [7, 11) is -1.10. The Labute approximate surface area is 196 Å². The van der Waals surface area contributed by atoms with Crippen LogP contribution in [0.5, 0.6) is 0 Å². The SMILES string of the molecule is CN(Cc1ccccc1)C(=O)c1c[nH]c2ccc(S(=O)(=O)N(C)c3ccc(F)cc3)cc2c1=O. The highest BCUT2D eigenvalue weighted by molar-refractivity contribution is 7.92. The van der Waals surface area contributed by atoms with Gasteiger partial charge in [-0.05, 0) is 48.0 Å². The lowest BCUT2D eigenvalue weighted by molar-refractivity contribution is 0.0783. The van der Waals surface area contributed by atoms with Crippen molar-refractivity contribution in [2.24, 2.45) is 0 Å². The molecular weight excluding hydrogens is 457 g/mol. The normalized spacial score (nSPS) is 11.4. The first-order valence-electron chi connectivity index (χ1n) is 10.4. The topological polar surface area (TPSA) is 90.6 Å². The quantitative estimate of drug-likeness (QED) is 0.456. The van der Waals surface area contributed by atoms with E-state index in [4.69, 9.17) is 0 Å². The number of rotatable bonds is 6. The number of halogens is 1. The van der Waals surface area contributed by atoms with Crippen LogP contribution in [0.15, 0.2) is 88.7 Å². The van der Waals surface area contributed by atoms with Crippen LogP contribution >= 0.6 is 0 Å². The minimum atomic E-state index is -4.04. The van der Waals surface area contributed by atoms with Crippen molar-refractivity contribution in [1.29, 1.82) is 0 Å². The number of sulfonamides is 1. The fraction of sp³-hybridized carbons (Fsp3) is 0.120. The Balaban J connectivity index is 1.69. The monoisotopic (exact) mass is 479 g/mol. The fourth-order valence-electron chi connectivity index (χ4n) is 3.60. The zero-order chi connectivity index (χ0) is 24.5. The average molecular weight is 480 g/mol. The van der Waals surface area contributed by atoms with E-state index in [9.17, 15) is 22.4 Å². The summed E-state index contributed by atoms with van der Waals surface area (Å²) in [5, 5.41) is 0.0764. The molecule has 0 spiro atoms. The summed E-state index contributed by atoms with van der Waals surface area (Å²) in [6.07, 6.45) is 1.34. The summed E-state index contributed by atoms with van der Waals surface area (Å²) >= 11 is 0.